The number of amides is 1. The molecule has 6 nitrogen and oxygen atoms in total. The Kier molecular flexibility index (Phi) is 7.40. The average molecular weight is 517 g/mol. The third-order valence-corrected chi connectivity index (χ3v) is 6.57. The van der Waals surface area contributed by atoms with E-state index in [9.17, 15) is 30.8 Å². The van der Waals surface area contributed by atoms with Gasteiger partial charge in [0.25, 0.3) is 5.91 Å². The summed E-state index contributed by atoms with van der Waals surface area (Å²) in [6.07, 6.45) is -3.73. The van der Waals surface area contributed by atoms with Crippen molar-refractivity contribution in [1.82, 2.24) is 4.90 Å². The van der Waals surface area contributed by atoms with Crippen LogP contribution in [0.5, 0.6) is 5.75 Å². The molecule has 0 radical (unpaired) electrons. The zero-order valence-corrected chi connectivity index (χ0v) is 20.8. The number of carbonyl (C=O) groups excluding carboxylic acids is 1. The molecule has 2 aromatic carbocycles. The number of benzene rings is 2. The van der Waals surface area contributed by atoms with E-state index in [0.717, 1.165) is 12.3 Å². The maximum absolute atomic E-state index is 14.0. The number of anilines is 1. The van der Waals surface area contributed by atoms with E-state index in [1.54, 1.807) is 4.90 Å². The van der Waals surface area contributed by atoms with Crippen molar-refractivity contribution in [1.29, 1.82) is 0 Å². The molecule has 0 aromatic heterocycles. The molecule has 0 atom stereocenters. The second-order valence-electron chi connectivity index (χ2n) is 9.72. The smallest absolute Gasteiger partial charge is 0.419 e. The highest BCUT2D eigenvalue weighted by molar-refractivity contribution is 7.90. The van der Waals surface area contributed by atoms with Crippen LogP contribution >= 0.6 is 0 Å². The van der Waals surface area contributed by atoms with Gasteiger partial charge in [-0.3, -0.25) is 4.79 Å². The Bertz CT molecular complexity index is 1200. The number of carbonyl (C=O) groups is 1. The standard InChI is InChI=1S/C24H28F4N2O4S/c1-23(2,3)15-34-21-8-6-17(35(4,32)33)14-18(21)22(31)30-11-9-29(10-12-30)16-5-7-19(20(25)13-16)24(26,27)28/h5-8,13-14H,9-12,15H2,1-4H3. The number of hydrogen-bond donors (Lipinski definition) is 0. The average Bonchev–Trinajstić information content (AvgIpc) is 2.75. The van der Waals surface area contributed by atoms with E-state index in [1.165, 1.54) is 29.2 Å². The predicted molar refractivity (Wildman–Crippen MR) is 124 cm³/mol. The number of piperazine rings is 1. The molecule has 1 heterocycles. The van der Waals surface area contributed by atoms with E-state index in [2.05, 4.69) is 0 Å². The van der Waals surface area contributed by atoms with E-state index in [0.29, 0.717) is 12.7 Å². The summed E-state index contributed by atoms with van der Waals surface area (Å²) in [5, 5.41) is 0. The maximum Gasteiger partial charge on any atom is 0.419 e. The minimum absolute atomic E-state index is 0.0113. The van der Waals surface area contributed by atoms with E-state index in [1.807, 2.05) is 20.8 Å². The van der Waals surface area contributed by atoms with Crippen LogP contribution in [0.4, 0.5) is 23.2 Å². The highest BCUT2D eigenvalue weighted by Crippen LogP contribution is 2.33. The topological polar surface area (TPSA) is 66.9 Å². The SMILES string of the molecule is CC(C)(C)COc1ccc(S(C)(=O)=O)cc1C(=O)N1CCN(c2ccc(C(F)(F)F)c(F)c2)CC1. The molecule has 0 aliphatic carbocycles. The molecule has 1 aliphatic heterocycles. The number of alkyl halides is 3. The van der Waals surface area contributed by atoms with Crippen molar-refractivity contribution in [2.24, 2.45) is 5.41 Å². The van der Waals surface area contributed by atoms with E-state index >= 15 is 0 Å². The van der Waals surface area contributed by atoms with Gasteiger partial charge in [-0.2, -0.15) is 13.2 Å². The number of ether oxygens (including phenoxy) is 1. The van der Waals surface area contributed by atoms with E-state index in [-0.39, 0.29) is 53.5 Å². The van der Waals surface area contributed by atoms with Gasteiger partial charge in [0, 0.05) is 38.1 Å². The molecule has 1 aliphatic rings. The van der Waals surface area contributed by atoms with Crippen molar-refractivity contribution in [3.05, 3.63) is 53.3 Å². The first-order chi connectivity index (χ1) is 16.1. The Labute approximate surface area is 202 Å². The first kappa shape index (κ1) is 26.8. The van der Waals surface area contributed by atoms with Crippen molar-refractivity contribution in [3.8, 4) is 5.75 Å². The molecule has 1 saturated heterocycles. The fraction of sp³-hybridized carbons (Fsp3) is 0.458. The summed E-state index contributed by atoms with van der Waals surface area (Å²) in [7, 11) is -3.56. The van der Waals surface area contributed by atoms with Crippen molar-refractivity contribution in [3.63, 3.8) is 0 Å². The van der Waals surface area contributed by atoms with Crippen LogP contribution in [0.3, 0.4) is 0 Å². The molecule has 1 fully saturated rings. The molecule has 35 heavy (non-hydrogen) atoms. The molecule has 2 aromatic rings. The summed E-state index contributed by atoms with van der Waals surface area (Å²) in [5.74, 6) is -1.51. The van der Waals surface area contributed by atoms with Gasteiger partial charge < -0.3 is 14.5 Å². The highest BCUT2D eigenvalue weighted by Gasteiger charge is 2.34. The van der Waals surface area contributed by atoms with Gasteiger partial charge in [0.05, 0.1) is 22.6 Å². The third-order valence-electron chi connectivity index (χ3n) is 5.46. The lowest BCUT2D eigenvalue weighted by Crippen LogP contribution is -2.49. The van der Waals surface area contributed by atoms with Gasteiger partial charge in [-0.05, 0) is 41.8 Å². The molecule has 0 spiro atoms. The summed E-state index contributed by atoms with van der Waals surface area (Å²) in [6, 6.07) is 6.91. The summed E-state index contributed by atoms with van der Waals surface area (Å²) in [5.41, 5.74) is -1.12. The molecular formula is C24H28F4N2O4S. The quantitative estimate of drug-likeness (QED) is 0.542. The van der Waals surface area contributed by atoms with Gasteiger partial charge in [-0.1, -0.05) is 20.8 Å². The lowest BCUT2D eigenvalue weighted by molar-refractivity contribution is -0.139. The number of nitrogens with zero attached hydrogens (tertiary/aromatic N) is 2. The van der Waals surface area contributed by atoms with Crippen LogP contribution < -0.4 is 9.64 Å². The van der Waals surface area contributed by atoms with Gasteiger partial charge >= 0.3 is 6.18 Å². The van der Waals surface area contributed by atoms with Gasteiger partial charge in [-0.15, -0.1) is 0 Å². The second kappa shape index (κ2) is 9.67. The lowest BCUT2D eigenvalue weighted by atomic mass is 9.98. The van der Waals surface area contributed by atoms with Crippen LogP contribution in [0.2, 0.25) is 0 Å². The summed E-state index contributed by atoms with van der Waals surface area (Å²) in [6.45, 7) is 7.14. The Balaban J connectivity index is 1.79. The third kappa shape index (κ3) is 6.65. The summed E-state index contributed by atoms with van der Waals surface area (Å²) in [4.78, 5) is 16.5. The molecule has 1 amide bonds. The van der Waals surface area contributed by atoms with Crippen LogP contribution in [0.15, 0.2) is 41.3 Å². The van der Waals surface area contributed by atoms with Crippen LogP contribution in [-0.2, 0) is 16.0 Å². The van der Waals surface area contributed by atoms with Gasteiger partial charge in [0.2, 0.25) is 0 Å². The minimum Gasteiger partial charge on any atom is -0.492 e. The molecule has 0 unspecified atom stereocenters. The number of rotatable bonds is 5. The van der Waals surface area contributed by atoms with E-state index in [4.69, 9.17) is 4.74 Å². The fourth-order valence-corrected chi connectivity index (χ4v) is 4.24. The first-order valence-corrected chi connectivity index (χ1v) is 12.8. The zero-order valence-electron chi connectivity index (χ0n) is 19.9. The number of halogens is 4. The Hall–Kier alpha value is -2.82. The van der Waals surface area contributed by atoms with Crippen molar-refractivity contribution in [2.45, 2.75) is 31.8 Å². The maximum atomic E-state index is 14.0. The second-order valence-corrected chi connectivity index (χ2v) is 11.7. The van der Waals surface area contributed by atoms with Crippen LogP contribution in [-0.4, -0.2) is 58.3 Å². The highest BCUT2D eigenvalue weighted by atomic mass is 32.2. The molecule has 3 rings (SSSR count). The van der Waals surface area contributed by atoms with Gasteiger partial charge in [-0.25, -0.2) is 12.8 Å². The first-order valence-electron chi connectivity index (χ1n) is 10.9. The largest absolute Gasteiger partial charge is 0.492 e. The minimum atomic E-state index is -4.78. The summed E-state index contributed by atoms with van der Waals surface area (Å²) < 4.78 is 82.4. The Morgan fingerprint density at radius 3 is 2.14 bits per heavy atom. The van der Waals surface area contributed by atoms with Gasteiger partial charge in [0.15, 0.2) is 9.84 Å². The fourth-order valence-electron chi connectivity index (χ4n) is 3.60. The zero-order chi connectivity index (χ0) is 26.2. The van der Waals surface area contributed by atoms with Crippen molar-refractivity contribution >= 4 is 21.4 Å². The van der Waals surface area contributed by atoms with Crippen LogP contribution in [0, 0.1) is 11.2 Å². The lowest BCUT2D eigenvalue weighted by Gasteiger charge is -2.36. The van der Waals surface area contributed by atoms with Crippen LogP contribution in [0.1, 0.15) is 36.7 Å². The van der Waals surface area contributed by atoms with Crippen LogP contribution in [0.25, 0.3) is 0 Å². The normalized spacial score (nSPS) is 15.3. The molecule has 0 bridgehead atoms. The predicted octanol–water partition coefficient (Wildman–Crippen LogP) is 4.64. The Morgan fingerprint density at radius 1 is 1.00 bits per heavy atom. The van der Waals surface area contributed by atoms with Crippen molar-refractivity contribution in [2.75, 3.05) is 43.9 Å². The summed E-state index contributed by atoms with van der Waals surface area (Å²) >= 11 is 0. The molecular weight excluding hydrogens is 488 g/mol. The molecule has 192 valence electrons. The van der Waals surface area contributed by atoms with Gasteiger partial charge in [0.1, 0.15) is 11.6 Å². The number of sulfone groups is 1. The molecule has 0 N–H and O–H groups in total. The molecule has 11 heteroatoms. The number of hydrogen-bond acceptors (Lipinski definition) is 5. The molecule has 0 saturated carbocycles. The Morgan fingerprint density at radius 2 is 1.63 bits per heavy atom. The van der Waals surface area contributed by atoms with Crippen molar-refractivity contribution < 1.29 is 35.5 Å². The monoisotopic (exact) mass is 516 g/mol. The van der Waals surface area contributed by atoms with E-state index < -0.39 is 33.3 Å².